The van der Waals surface area contributed by atoms with Gasteiger partial charge in [-0.25, -0.2) is 0 Å². The molecule has 0 aliphatic rings. The van der Waals surface area contributed by atoms with Gasteiger partial charge in [-0.1, -0.05) is 76.6 Å². The second kappa shape index (κ2) is 9.52. The molecule has 0 spiro atoms. The highest BCUT2D eigenvalue weighted by Gasteiger charge is 2.26. The third-order valence-corrected chi connectivity index (χ3v) is 5.23. The summed E-state index contributed by atoms with van der Waals surface area (Å²) in [6.45, 7) is 1.90. The predicted octanol–water partition coefficient (Wildman–Crippen LogP) is 4.99. The molecule has 29 heavy (non-hydrogen) atoms. The Kier molecular flexibility index (Phi) is 6.83. The number of carbonyl (C=O) groups excluding carboxylic acids is 2. The molecule has 0 aliphatic heterocycles. The van der Waals surface area contributed by atoms with Crippen molar-refractivity contribution in [2.24, 2.45) is 0 Å². The third kappa shape index (κ3) is 5.33. The van der Waals surface area contributed by atoms with Crippen LogP contribution in [0.1, 0.15) is 22.6 Å². The molecule has 0 radical (unpaired) electrons. The van der Waals surface area contributed by atoms with E-state index in [9.17, 15) is 9.59 Å². The maximum Gasteiger partial charge on any atom is 0.243 e. The molecular formula is C24H23BrN2O2. The quantitative estimate of drug-likeness (QED) is 0.575. The number of aryl methyl sites for hydroxylation is 1. The SMILES string of the molecule is Cc1cc(Br)ccc1NC(=O)CN(C)C(=O)C(c1ccccc1)c1ccccc1. The van der Waals surface area contributed by atoms with Crippen LogP contribution in [-0.4, -0.2) is 30.3 Å². The Hall–Kier alpha value is -2.92. The number of amides is 2. The lowest BCUT2D eigenvalue weighted by Crippen LogP contribution is -2.38. The summed E-state index contributed by atoms with van der Waals surface area (Å²) >= 11 is 3.42. The summed E-state index contributed by atoms with van der Waals surface area (Å²) in [5.41, 5.74) is 3.49. The van der Waals surface area contributed by atoms with Crippen LogP contribution in [0, 0.1) is 6.92 Å². The molecule has 3 aromatic carbocycles. The highest BCUT2D eigenvalue weighted by molar-refractivity contribution is 9.10. The number of nitrogens with zero attached hydrogens (tertiary/aromatic N) is 1. The Bertz CT molecular complexity index is 951. The minimum absolute atomic E-state index is 0.0233. The topological polar surface area (TPSA) is 49.4 Å². The molecular weight excluding hydrogens is 428 g/mol. The van der Waals surface area contributed by atoms with E-state index in [0.717, 1.165) is 26.9 Å². The van der Waals surface area contributed by atoms with Crippen molar-refractivity contribution in [3.8, 4) is 0 Å². The monoisotopic (exact) mass is 450 g/mol. The van der Waals surface area contributed by atoms with Gasteiger partial charge in [-0.2, -0.15) is 0 Å². The Morgan fingerprint density at radius 1 is 0.931 bits per heavy atom. The lowest BCUT2D eigenvalue weighted by atomic mass is 9.90. The zero-order valence-corrected chi connectivity index (χ0v) is 18.0. The van der Waals surface area contributed by atoms with Crippen LogP contribution in [0.15, 0.2) is 83.3 Å². The number of halogens is 1. The van der Waals surface area contributed by atoms with E-state index < -0.39 is 5.92 Å². The van der Waals surface area contributed by atoms with Gasteiger partial charge in [-0.3, -0.25) is 9.59 Å². The van der Waals surface area contributed by atoms with Gasteiger partial charge < -0.3 is 10.2 Å². The molecule has 5 heteroatoms. The summed E-state index contributed by atoms with van der Waals surface area (Å²) < 4.78 is 0.953. The first-order valence-electron chi connectivity index (χ1n) is 9.36. The zero-order chi connectivity index (χ0) is 20.8. The molecule has 0 bridgehead atoms. The first-order valence-corrected chi connectivity index (χ1v) is 10.2. The normalized spacial score (nSPS) is 10.6. The van der Waals surface area contributed by atoms with Crippen LogP contribution in [0.3, 0.4) is 0 Å². The summed E-state index contributed by atoms with van der Waals surface area (Å²) in [4.78, 5) is 27.3. The molecule has 1 N–H and O–H groups in total. The van der Waals surface area contributed by atoms with Gasteiger partial charge in [0.2, 0.25) is 11.8 Å². The first-order chi connectivity index (χ1) is 14.0. The average Bonchev–Trinajstić information content (AvgIpc) is 2.72. The van der Waals surface area contributed by atoms with E-state index in [1.807, 2.05) is 85.8 Å². The third-order valence-electron chi connectivity index (χ3n) is 4.73. The van der Waals surface area contributed by atoms with E-state index >= 15 is 0 Å². The smallest absolute Gasteiger partial charge is 0.243 e. The van der Waals surface area contributed by atoms with Crippen molar-refractivity contribution in [2.75, 3.05) is 18.9 Å². The van der Waals surface area contributed by atoms with Gasteiger partial charge in [-0.15, -0.1) is 0 Å². The second-order valence-electron chi connectivity index (χ2n) is 6.96. The number of hydrogen-bond donors (Lipinski definition) is 1. The Balaban J connectivity index is 1.76. The van der Waals surface area contributed by atoms with Gasteiger partial charge in [-0.05, 0) is 41.8 Å². The van der Waals surface area contributed by atoms with E-state index in [4.69, 9.17) is 0 Å². The molecule has 0 aromatic heterocycles. The number of carbonyl (C=O) groups is 2. The molecule has 148 valence electrons. The van der Waals surface area contributed by atoms with E-state index in [0.29, 0.717) is 0 Å². The lowest BCUT2D eigenvalue weighted by molar-refractivity contribution is -0.133. The molecule has 0 saturated heterocycles. The zero-order valence-electron chi connectivity index (χ0n) is 16.4. The second-order valence-corrected chi connectivity index (χ2v) is 7.87. The summed E-state index contributed by atoms with van der Waals surface area (Å²) in [6, 6.07) is 24.9. The fourth-order valence-corrected chi connectivity index (χ4v) is 3.71. The summed E-state index contributed by atoms with van der Waals surface area (Å²) in [5, 5.41) is 2.89. The van der Waals surface area contributed by atoms with Gasteiger partial charge in [0.05, 0.1) is 12.5 Å². The van der Waals surface area contributed by atoms with Crippen molar-refractivity contribution in [3.63, 3.8) is 0 Å². The fraction of sp³-hybridized carbons (Fsp3) is 0.167. The highest BCUT2D eigenvalue weighted by atomic mass is 79.9. The van der Waals surface area contributed by atoms with Gasteiger partial charge in [0, 0.05) is 17.2 Å². The molecule has 0 heterocycles. The van der Waals surface area contributed by atoms with Gasteiger partial charge in [0.15, 0.2) is 0 Å². The number of rotatable bonds is 6. The average molecular weight is 451 g/mol. The van der Waals surface area contributed by atoms with Gasteiger partial charge in [0.1, 0.15) is 0 Å². The molecule has 0 aliphatic carbocycles. The number of benzene rings is 3. The number of nitrogens with one attached hydrogen (secondary N) is 1. The molecule has 3 aromatic rings. The van der Waals surface area contributed by atoms with Crippen molar-refractivity contribution in [2.45, 2.75) is 12.8 Å². The lowest BCUT2D eigenvalue weighted by Gasteiger charge is -2.24. The Morgan fingerprint density at radius 2 is 1.48 bits per heavy atom. The number of anilines is 1. The molecule has 0 saturated carbocycles. The molecule has 4 nitrogen and oxygen atoms in total. The van der Waals surface area contributed by atoms with E-state index in [1.54, 1.807) is 7.05 Å². The predicted molar refractivity (Wildman–Crippen MR) is 120 cm³/mol. The van der Waals surface area contributed by atoms with Crippen molar-refractivity contribution >= 4 is 33.4 Å². The number of hydrogen-bond acceptors (Lipinski definition) is 2. The number of likely N-dealkylation sites (N-methyl/N-ethyl adjacent to an activating group) is 1. The summed E-state index contributed by atoms with van der Waals surface area (Å²) in [7, 11) is 1.66. The van der Waals surface area contributed by atoms with Gasteiger partial charge in [0.25, 0.3) is 0 Å². The molecule has 2 amide bonds. The Morgan fingerprint density at radius 3 is 2.00 bits per heavy atom. The maximum absolute atomic E-state index is 13.3. The van der Waals surface area contributed by atoms with Crippen molar-refractivity contribution in [1.82, 2.24) is 4.90 Å². The molecule has 3 rings (SSSR count). The summed E-state index contributed by atoms with van der Waals surface area (Å²) in [5.74, 6) is -0.805. The Labute approximate surface area is 179 Å². The fourth-order valence-electron chi connectivity index (χ4n) is 3.24. The van der Waals surface area contributed by atoms with Crippen LogP contribution >= 0.6 is 15.9 Å². The highest BCUT2D eigenvalue weighted by Crippen LogP contribution is 2.26. The molecule has 0 atom stereocenters. The van der Waals surface area contributed by atoms with E-state index in [1.165, 1.54) is 4.90 Å². The van der Waals surface area contributed by atoms with Crippen LogP contribution in [0.4, 0.5) is 5.69 Å². The van der Waals surface area contributed by atoms with Crippen LogP contribution < -0.4 is 5.32 Å². The van der Waals surface area contributed by atoms with Crippen LogP contribution in [-0.2, 0) is 9.59 Å². The summed E-state index contributed by atoms with van der Waals surface area (Å²) in [6.07, 6.45) is 0. The molecule has 0 fully saturated rings. The van der Waals surface area contributed by atoms with E-state index in [-0.39, 0.29) is 18.4 Å². The van der Waals surface area contributed by atoms with Crippen LogP contribution in [0.2, 0.25) is 0 Å². The van der Waals surface area contributed by atoms with E-state index in [2.05, 4.69) is 21.2 Å². The van der Waals surface area contributed by atoms with Crippen molar-refractivity contribution in [3.05, 3.63) is 100 Å². The standard InChI is InChI=1S/C24H23BrN2O2/c1-17-15-20(25)13-14-21(17)26-22(28)16-27(2)24(29)23(18-9-5-3-6-10-18)19-11-7-4-8-12-19/h3-15,23H,16H2,1-2H3,(H,26,28). The minimum Gasteiger partial charge on any atom is -0.336 e. The van der Waals surface area contributed by atoms with Crippen molar-refractivity contribution in [1.29, 1.82) is 0 Å². The first kappa shape index (κ1) is 20.8. The van der Waals surface area contributed by atoms with Crippen LogP contribution in [0.5, 0.6) is 0 Å². The largest absolute Gasteiger partial charge is 0.336 e. The van der Waals surface area contributed by atoms with Crippen LogP contribution in [0.25, 0.3) is 0 Å². The molecule has 0 unspecified atom stereocenters. The van der Waals surface area contributed by atoms with Gasteiger partial charge >= 0.3 is 0 Å². The maximum atomic E-state index is 13.3. The van der Waals surface area contributed by atoms with Crippen molar-refractivity contribution < 1.29 is 9.59 Å². The minimum atomic E-state index is -0.454.